The summed E-state index contributed by atoms with van der Waals surface area (Å²) in [6.07, 6.45) is 2.40. The number of anilines is 1. The van der Waals surface area contributed by atoms with E-state index in [4.69, 9.17) is 11.6 Å². The van der Waals surface area contributed by atoms with Crippen molar-refractivity contribution >= 4 is 17.4 Å². The van der Waals surface area contributed by atoms with E-state index in [0.717, 1.165) is 11.6 Å². The van der Waals surface area contributed by atoms with Gasteiger partial charge < -0.3 is 4.90 Å². The summed E-state index contributed by atoms with van der Waals surface area (Å²) in [5.74, 6) is 2.34. The van der Waals surface area contributed by atoms with E-state index in [0.29, 0.717) is 11.1 Å². The van der Waals surface area contributed by atoms with Gasteiger partial charge in [0.25, 0.3) is 0 Å². The predicted octanol–water partition coefficient (Wildman–Crippen LogP) is 2.07. The van der Waals surface area contributed by atoms with Crippen molar-refractivity contribution in [3.8, 4) is 0 Å². The van der Waals surface area contributed by atoms with Crippen LogP contribution in [0.1, 0.15) is 24.6 Å². The summed E-state index contributed by atoms with van der Waals surface area (Å²) in [6, 6.07) is 1.79. The lowest BCUT2D eigenvalue weighted by Crippen LogP contribution is -2.12. The molecule has 2 rings (SSSR count). The third-order valence-electron chi connectivity index (χ3n) is 2.10. The minimum atomic E-state index is 0.542. The molecule has 0 spiro atoms. The lowest BCUT2D eigenvalue weighted by atomic mass is 10.4. The van der Waals surface area contributed by atoms with Crippen molar-refractivity contribution in [2.24, 2.45) is 0 Å². The summed E-state index contributed by atoms with van der Waals surface area (Å²) in [7, 11) is 3.91. The van der Waals surface area contributed by atoms with E-state index in [1.165, 1.54) is 12.8 Å². The van der Waals surface area contributed by atoms with Gasteiger partial charge in [-0.1, -0.05) is 11.6 Å². The predicted molar refractivity (Wildman–Crippen MR) is 53.3 cm³/mol. The van der Waals surface area contributed by atoms with E-state index in [2.05, 4.69) is 9.97 Å². The standard InChI is InChI=1S/C9H12ClN3/c1-13(2)8-5-7(10)11-9(12-8)6-3-4-6/h5-6H,3-4H2,1-2H3. The van der Waals surface area contributed by atoms with Crippen LogP contribution in [-0.2, 0) is 0 Å². The fourth-order valence-electron chi connectivity index (χ4n) is 1.18. The van der Waals surface area contributed by atoms with Gasteiger partial charge in [0.2, 0.25) is 0 Å². The number of hydrogen-bond acceptors (Lipinski definition) is 3. The Kier molecular flexibility index (Phi) is 2.12. The Bertz CT molecular complexity index is 300. The van der Waals surface area contributed by atoms with Crippen molar-refractivity contribution in [2.75, 3.05) is 19.0 Å². The van der Waals surface area contributed by atoms with Gasteiger partial charge in [-0.15, -0.1) is 0 Å². The molecule has 13 heavy (non-hydrogen) atoms. The minimum Gasteiger partial charge on any atom is -0.363 e. The zero-order valence-electron chi connectivity index (χ0n) is 7.79. The molecule has 0 aromatic carbocycles. The quantitative estimate of drug-likeness (QED) is 0.680. The van der Waals surface area contributed by atoms with Crippen LogP contribution in [0.4, 0.5) is 5.82 Å². The normalized spacial score (nSPS) is 15.9. The average Bonchev–Trinajstić information content (AvgIpc) is 2.85. The zero-order chi connectivity index (χ0) is 9.42. The third kappa shape index (κ3) is 1.91. The Morgan fingerprint density at radius 2 is 2.08 bits per heavy atom. The van der Waals surface area contributed by atoms with Crippen molar-refractivity contribution in [2.45, 2.75) is 18.8 Å². The van der Waals surface area contributed by atoms with E-state index in [1.54, 1.807) is 6.07 Å². The van der Waals surface area contributed by atoms with Gasteiger partial charge in [-0.25, -0.2) is 9.97 Å². The first-order valence-electron chi connectivity index (χ1n) is 4.38. The molecule has 0 bridgehead atoms. The van der Waals surface area contributed by atoms with Crippen molar-refractivity contribution in [1.82, 2.24) is 9.97 Å². The maximum atomic E-state index is 5.89. The Hall–Kier alpha value is -0.830. The van der Waals surface area contributed by atoms with Crippen molar-refractivity contribution < 1.29 is 0 Å². The number of rotatable bonds is 2. The van der Waals surface area contributed by atoms with Crippen LogP contribution in [0.25, 0.3) is 0 Å². The van der Waals surface area contributed by atoms with Gasteiger partial charge >= 0.3 is 0 Å². The number of halogens is 1. The van der Waals surface area contributed by atoms with Crippen molar-refractivity contribution in [3.05, 3.63) is 17.0 Å². The Balaban J connectivity index is 2.36. The van der Waals surface area contributed by atoms with Crippen LogP contribution < -0.4 is 4.90 Å². The van der Waals surface area contributed by atoms with Crippen LogP contribution in [0.5, 0.6) is 0 Å². The first-order valence-corrected chi connectivity index (χ1v) is 4.76. The molecule has 0 saturated heterocycles. The molecule has 1 saturated carbocycles. The van der Waals surface area contributed by atoms with E-state index < -0.39 is 0 Å². The van der Waals surface area contributed by atoms with Gasteiger partial charge in [0, 0.05) is 26.1 Å². The maximum absolute atomic E-state index is 5.89. The molecule has 4 heteroatoms. The number of nitrogens with zero attached hydrogens (tertiary/aromatic N) is 3. The highest BCUT2D eigenvalue weighted by Gasteiger charge is 2.27. The molecular formula is C9H12ClN3. The fourth-order valence-corrected chi connectivity index (χ4v) is 1.36. The molecular weight excluding hydrogens is 186 g/mol. The lowest BCUT2D eigenvalue weighted by Gasteiger charge is -2.12. The van der Waals surface area contributed by atoms with Crippen molar-refractivity contribution in [1.29, 1.82) is 0 Å². The largest absolute Gasteiger partial charge is 0.363 e. The number of aromatic nitrogens is 2. The molecule has 1 fully saturated rings. The van der Waals surface area contributed by atoms with Crippen LogP contribution in [0.15, 0.2) is 6.07 Å². The second-order valence-corrected chi connectivity index (χ2v) is 3.96. The van der Waals surface area contributed by atoms with Gasteiger partial charge in [0.1, 0.15) is 16.8 Å². The van der Waals surface area contributed by atoms with E-state index >= 15 is 0 Å². The molecule has 1 heterocycles. The third-order valence-corrected chi connectivity index (χ3v) is 2.29. The van der Waals surface area contributed by atoms with Crippen LogP contribution >= 0.6 is 11.6 Å². The molecule has 0 unspecified atom stereocenters. The highest BCUT2D eigenvalue weighted by molar-refractivity contribution is 6.29. The molecule has 0 atom stereocenters. The molecule has 3 nitrogen and oxygen atoms in total. The monoisotopic (exact) mass is 197 g/mol. The molecule has 1 aliphatic rings. The van der Waals surface area contributed by atoms with Crippen LogP contribution in [0.3, 0.4) is 0 Å². The lowest BCUT2D eigenvalue weighted by molar-refractivity contribution is 0.906. The molecule has 1 aliphatic carbocycles. The van der Waals surface area contributed by atoms with E-state index in [-0.39, 0.29) is 0 Å². The van der Waals surface area contributed by atoms with Gasteiger partial charge in [0.15, 0.2) is 0 Å². The summed E-state index contributed by atoms with van der Waals surface area (Å²) in [5.41, 5.74) is 0. The maximum Gasteiger partial charge on any atom is 0.135 e. The first-order chi connectivity index (χ1) is 6.16. The molecule has 1 aromatic rings. The highest BCUT2D eigenvalue weighted by atomic mass is 35.5. The SMILES string of the molecule is CN(C)c1cc(Cl)nc(C2CC2)n1. The molecule has 0 radical (unpaired) electrons. The summed E-state index contributed by atoms with van der Waals surface area (Å²) in [4.78, 5) is 10.6. The molecule has 0 amide bonds. The van der Waals surface area contributed by atoms with E-state index in [1.807, 2.05) is 19.0 Å². The minimum absolute atomic E-state index is 0.542. The molecule has 1 aromatic heterocycles. The summed E-state index contributed by atoms with van der Waals surface area (Å²) >= 11 is 5.89. The van der Waals surface area contributed by atoms with Crippen LogP contribution in [0, 0.1) is 0 Å². The van der Waals surface area contributed by atoms with Gasteiger partial charge in [0.05, 0.1) is 0 Å². The first kappa shape index (κ1) is 8.75. The van der Waals surface area contributed by atoms with Crippen LogP contribution in [-0.4, -0.2) is 24.1 Å². The Labute approximate surface area is 82.8 Å². The molecule has 70 valence electrons. The van der Waals surface area contributed by atoms with Gasteiger partial charge in [-0.05, 0) is 12.8 Å². The van der Waals surface area contributed by atoms with E-state index in [9.17, 15) is 0 Å². The van der Waals surface area contributed by atoms with Gasteiger partial charge in [-0.2, -0.15) is 0 Å². The highest BCUT2D eigenvalue weighted by Crippen LogP contribution is 2.38. The van der Waals surface area contributed by atoms with Crippen molar-refractivity contribution in [3.63, 3.8) is 0 Å². The van der Waals surface area contributed by atoms with Crippen LogP contribution in [0.2, 0.25) is 5.15 Å². The Morgan fingerprint density at radius 3 is 2.62 bits per heavy atom. The summed E-state index contributed by atoms with van der Waals surface area (Å²) < 4.78 is 0. The number of hydrogen-bond donors (Lipinski definition) is 0. The summed E-state index contributed by atoms with van der Waals surface area (Å²) in [5, 5.41) is 0.542. The average molecular weight is 198 g/mol. The van der Waals surface area contributed by atoms with Gasteiger partial charge in [-0.3, -0.25) is 0 Å². The topological polar surface area (TPSA) is 29.0 Å². The summed E-state index contributed by atoms with van der Waals surface area (Å²) in [6.45, 7) is 0. The molecule has 0 aliphatic heterocycles. The second-order valence-electron chi connectivity index (χ2n) is 3.58. The molecule has 0 N–H and O–H groups in total. The second kappa shape index (κ2) is 3.14. The fraction of sp³-hybridized carbons (Fsp3) is 0.556. The smallest absolute Gasteiger partial charge is 0.135 e. The zero-order valence-corrected chi connectivity index (χ0v) is 8.54. The Morgan fingerprint density at radius 1 is 1.38 bits per heavy atom.